The number of carbonyl (C=O) groups is 4. The van der Waals surface area contributed by atoms with Crippen molar-refractivity contribution in [2.45, 2.75) is 33.6 Å². The van der Waals surface area contributed by atoms with Crippen LogP contribution in [-0.4, -0.2) is 56.0 Å². The SMILES string of the molecule is COC(=O)c1ccc(C(=O)OC)c(NC(=O)C2CCN(C(=O)C(C)(C)C)CC2)c1. The number of amides is 2. The molecule has 1 fully saturated rings. The number of piperidine rings is 1. The first-order valence-electron chi connectivity index (χ1n) is 9.49. The molecular formula is C21H28N2O6. The van der Waals surface area contributed by atoms with Gasteiger partial charge in [-0.1, -0.05) is 20.8 Å². The van der Waals surface area contributed by atoms with Gasteiger partial charge in [0.1, 0.15) is 0 Å². The molecule has 0 aromatic heterocycles. The van der Waals surface area contributed by atoms with E-state index in [0.29, 0.717) is 25.9 Å². The van der Waals surface area contributed by atoms with Gasteiger partial charge >= 0.3 is 11.9 Å². The minimum absolute atomic E-state index is 0.0649. The maximum absolute atomic E-state index is 12.8. The number of anilines is 1. The first-order chi connectivity index (χ1) is 13.6. The normalized spacial score (nSPS) is 14.9. The second-order valence-corrected chi connectivity index (χ2v) is 8.05. The maximum atomic E-state index is 12.8. The summed E-state index contributed by atoms with van der Waals surface area (Å²) in [6, 6.07) is 4.25. The molecule has 1 aromatic rings. The summed E-state index contributed by atoms with van der Waals surface area (Å²) in [6.45, 7) is 6.62. The highest BCUT2D eigenvalue weighted by Crippen LogP contribution is 2.26. The number of ether oxygens (including phenoxy) is 2. The molecule has 1 aromatic carbocycles. The molecule has 29 heavy (non-hydrogen) atoms. The molecule has 1 aliphatic heterocycles. The summed E-state index contributed by atoms with van der Waals surface area (Å²) in [5, 5.41) is 2.74. The van der Waals surface area contributed by atoms with Gasteiger partial charge in [-0.15, -0.1) is 0 Å². The van der Waals surface area contributed by atoms with Crippen LogP contribution in [0.2, 0.25) is 0 Å². The van der Waals surface area contributed by atoms with Crippen LogP contribution in [-0.2, 0) is 19.1 Å². The predicted octanol–water partition coefficient (Wildman–Crippen LogP) is 2.48. The van der Waals surface area contributed by atoms with Gasteiger partial charge in [0.05, 0.1) is 31.0 Å². The lowest BCUT2D eigenvalue weighted by Gasteiger charge is -2.35. The molecule has 0 atom stereocenters. The van der Waals surface area contributed by atoms with Crippen LogP contribution >= 0.6 is 0 Å². The average Bonchev–Trinajstić information content (AvgIpc) is 2.71. The van der Waals surface area contributed by atoms with Crippen molar-refractivity contribution in [3.63, 3.8) is 0 Å². The molecule has 8 nitrogen and oxygen atoms in total. The topological polar surface area (TPSA) is 102 Å². The minimum atomic E-state index is -0.623. The lowest BCUT2D eigenvalue weighted by molar-refractivity contribution is -0.142. The quantitative estimate of drug-likeness (QED) is 0.774. The summed E-state index contributed by atoms with van der Waals surface area (Å²) in [5.74, 6) is -1.70. The van der Waals surface area contributed by atoms with Gasteiger partial charge in [0.15, 0.2) is 0 Å². The van der Waals surface area contributed by atoms with Crippen molar-refractivity contribution < 1.29 is 28.7 Å². The second-order valence-electron chi connectivity index (χ2n) is 8.05. The van der Waals surface area contributed by atoms with Gasteiger partial charge in [-0.2, -0.15) is 0 Å². The standard InChI is InChI=1S/C21H28N2O6/c1-21(2,3)20(27)23-10-8-13(9-11-23)17(24)22-16-12-14(18(25)28-4)6-7-15(16)19(26)29-5/h6-7,12-13H,8-11H2,1-5H3,(H,22,24). The molecule has 0 aliphatic carbocycles. The molecule has 2 rings (SSSR count). The smallest absolute Gasteiger partial charge is 0.339 e. The molecule has 0 saturated carbocycles. The lowest BCUT2D eigenvalue weighted by atomic mass is 9.90. The molecule has 2 amide bonds. The zero-order chi connectivity index (χ0) is 21.8. The molecule has 0 unspecified atom stereocenters. The van der Waals surface area contributed by atoms with Crippen molar-refractivity contribution in [3.8, 4) is 0 Å². The van der Waals surface area contributed by atoms with Gasteiger partial charge in [0, 0.05) is 24.4 Å². The fraction of sp³-hybridized carbons (Fsp3) is 0.524. The van der Waals surface area contributed by atoms with E-state index in [-0.39, 0.29) is 34.5 Å². The van der Waals surface area contributed by atoms with Crippen LogP contribution in [0, 0.1) is 11.3 Å². The van der Waals surface area contributed by atoms with E-state index < -0.39 is 17.4 Å². The maximum Gasteiger partial charge on any atom is 0.339 e. The van der Waals surface area contributed by atoms with Crippen molar-refractivity contribution >= 4 is 29.4 Å². The number of nitrogens with one attached hydrogen (secondary N) is 1. The first-order valence-corrected chi connectivity index (χ1v) is 9.49. The number of likely N-dealkylation sites (tertiary alicyclic amines) is 1. The number of rotatable bonds is 4. The highest BCUT2D eigenvalue weighted by atomic mass is 16.5. The van der Waals surface area contributed by atoms with E-state index in [4.69, 9.17) is 9.47 Å². The van der Waals surface area contributed by atoms with E-state index in [0.717, 1.165) is 0 Å². The van der Waals surface area contributed by atoms with Gasteiger partial charge < -0.3 is 19.7 Å². The van der Waals surface area contributed by atoms with Gasteiger partial charge in [-0.3, -0.25) is 9.59 Å². The zero-order valence-corrected chi connectivity index (χ0v) is 17.5. The van der Waals surface area contributed by atoms with Crippen LogP contribution in [0.1, 0.15) is 54.3 Å². The Bertz CT molecular complexity index is 804. The Morgan fingerprint density at radius 2 is 1.59 bits per heavy atom. The number of esters is 2. The number of hydrogen-bond donors (Lipinski definition) is 1. The van der Waals surface area contributed by atoms with E-state index in [1.807, 2.05) is 20.8 Å². The Hall–Kier alpha value is -2.90. The number of methoxy groups -OCH3 is 2. The average molecular weight is 404 g/mol. The van der Waals surface area contributed by atoms with E-state index in [2.05, 4.69) is 5.32 Å². The van der Waals surface area contributed by atoms with Crippen LogP contribution < -0.4 is 5.32 Å². The summed E-state index contributed by atoms with van der Waals surface area (Å²) in [7, 11) is 2.49. The molecule has 158 valence electrons. The van der Waals surface area contributed by atoms with Crippen molar-refractivity contribution in [2.75, 3.05) is 32.6 Å². The summed E-state index contributed by atoms with van der Waals surface area (Å²) < 4.78 is 9.45. The fourth-order valence-electron chi connectivity index (χ4n) is 3.23. The zero-order valence-electron chi connectivity index (χ0n) is 17.5. The van der Waals surface area contributed by atoms with Crippen LogP contribution in [0.3, 0.4) is 0 Å². The van der Waals surface area contributed by atoms with Gasteiger partial charge in [-0.25, -0.2) is 9.59 Å². The number of benzene rings is 1. The third-order valence-corrected chi connectivity index (χ3v) is 4.90. The summed E-state index contributed by atoms with van der Waals surface area (Å²) in [6.07, 6.45) is 1.05. The lowest BCUT2D eigenvalue weighted by Crippen LogP contribution is -2.45. The number of hydrogen-bond acceptors (Lipinski definition) is 6. The Morgan fingerprint density at radius 1 is 1.00 bits per heavy atom. The van der Waals surface area contributed by atoms with Crippen LogP contribution in [0.5, 0.6) is 0 Å². The fourth-order valence-corrected chi connectivity index (χ4v) is 3.23. The Kier molecular flexibility index (Phi) is 7.00. The van der Waals surface area contributed by atoms with Gasteiger partial charge in [0.25, 0.3) is 0 Å². The van der Waals surface area contributed by atoms with Crippen molar-refractivity contribution in [1.82, 2.24) is 4.90 Å². The van der Waals surface area contributed by atoms with E-state index in [1.165, 1.54) is 32.4 Å². The molecule has 1 heterocycles. The molecule has 0 bridgehead atoms. The molecule has 1 N–H and O–H groups in total. The Labute approximate surface area is 170 Å². The highest BCUT2D eigenvalue weighted by molar-refractivity contribution is 6.04. The number of nitrogens with zero attached hydrogens (tertiary/aromatic N) is 1. The minimum Gasteiger partial charge on any atom is -0.465 e. The largest absolute Gasteiger partial charge is 0.465 e. The molecule has 1 aliphatic rings. The van der Waals surface area contributed by atoms with Gasteiger partial charge in [-0.05, 0) is 31.0 Å². The van der Waals surface area contributed by atoms with E-state index in [9.17, 15) is 19.2 Å². The highest BCUT2D eigenvalue weighted by Gasteiger charge is 2.32. The van der Waals surface area contributed by atoms with E-state index >= 15 is 0 Å². The summed E-state index contributed by atoms with van der Waals surface area (Å²) in [5.41, 5.74) is 0.0894. The van der Waals surface area contributed by atoms with Crippen LogP contribution in [0.25, 0.3) is 0 Å². The van der Waals surface area contributed by atoms with Crippen LogP contribution in [0.15, 0.2) is 18.2 Å². The first kappa shape index (κ1) is 22.4. The predicted molar refractivity (Wildman–Crippen MR) is 107 cm³/mol. The van der Waals surface area contributed by atoms with Crippen molar-refractivity contribution in [2.24, 2.45) is 11.3 Å². The number of carbonyl (C=O) groups excluding carboxylic acids is 4. The molecule has 1 saturated heterocycles. The third kappa shape index (κ3) is 5.34. The third-order valence-electron chi connectivity index (χ3n) is 4.90. The van der Waals surface area contributed by atoms with Crippen molar-refractivity contribution in [3.05, 3.63) is 29.3 Å². The van der Waals surface area contributed by atoms with Crippen molar-refractivity contribution in [1.29, 1.82) is 0 Å². The molecule has 0 radical (unpaired) electrons. The molecule has 8 heteroatoms. The Balaban J connectivity index is 2.13. The second kappa shape index (κ2) is 9.07. The molecular weight excluding hydrogens is 376 g/mol. The van der Waals surface area contributed by atoms with Crippen LogP contribution in [0.4, 0.5) is 5.69 Å². The summed E-state index contributed by atoms with van der Waals surface area (Å²) >= 11 is 0. The van der Waals surface area contributed by atoms with Gasteiger partial charge in [0.2, 0.25) is 11.8 Å². The monoisotopic (exact) mass is 404 g/mol. The Morgan fingerprint density at radius 3 is 2.10 bits per heavy atom. The van der Waals surface area contributed by atoms with E-state index in [1.54, 1.807) is 4.90 Å². The molecule has 0 spiro atoms. The summed E-state index contributed by atoms with van der Waals surface area (Å²) in [4.78, 5) is 50.8.